The van der Waals surface area contributed by atoms with Crippen molar-refractivity contribution in [1.29, 1.82) is 0 Å². The van der Waals surface area contributed by atoms with Crippen LogP contribution < -0.4 is 32.7 Å². The highest BCUT2D eigenvalue weighted by Crippen LogP contribution is 2.24. The summed E-state index contributed by atoms with van der Waals surface area (Å²) in [5.74, 6) is -0.147. The van der Waals surface area contributed by atoms with Crippen molar-refractivity contribution < 1.29 is 9.59 Å². The lowest BCUT2D eigenvalue weighted by Gasteiger charge is -2.04. The SMILES string of the molecule is Cl.Cl.Cl.Cl.NCCNCC(=O)NCCc1nc(-c2csc(CNC(=O)CNCCN)n2)cs1. The maximum absolute atomic E-state index is 11.7. The summed E-state index contributed by atoms with van der Waals surface area (Å²) in [7, 11) is 0. The predicted molar refractivity (Wildman–Crippen MR) is 145 cm³/mol. The van der Waals surface area contributed by atoms with Gasteiger partial charge in [-0.15, -0.1) is 72.3 Å². The van der Waals surface area contributed by atoms with Crippen LogP contribution in [0, 0.1) is 0 Å². The van der Waals surface area contributed by atoms with Crippen molar-refractivity contribution in [3.05, 3.63) is 20.8 Å². The van der Waals surface area contributed by atoms with Crippen molar-refractivity contribution in [2.75, 3.05) is 45.8 Å². The summed E-state index contributed by atoms with van der Waals surface area (Å²) in [6.45, 7) is 3.65. The molecule has 0 saturated heterocycles. The molecule has 16 heteroatoms. The van der Waals surface area contributed by atoms with Crippen LogP contribution >= 0.6 is 72.3 Å². The summed E-state index contributed by atoms with van der Waals surface area (Å²) in [6, 6.07) is 0. The standard InChI is InChI=1S/C17H28N8O2S2.4ClH/c18-2-5-20-7-14(26)22-4-1-16-24-12(10-28-16)13-11-29-17(25-13)9-23-15(27)8-21-6-3-19;;;;/h10-11,20-21H,1-9,18-19H2,(H,22,26)(H,23,27);4*1H. The number of carbonyl (C=O) groups excluding carboxylic acids is 2. The first-order valence-electron chi connectivity index (χ1n) is 9.36. The highest BCUT2D eigenvalue weighted by molar-refractivity contribution is 7.10. The zero-order valence-corrected chi connectivity index (χ0v) is 22.7. The molecule has 0 radical (unpaired) electrons. The minimum Gasteiger partial charge on any atom is -0.355 e. The fourth-order valence-electron chi connectivity index (χ4n) is 2.27. The summed E-state index contributed by atoms with van der Waals surface area (Å²) in [5, 5.41) is 17.2. The number of nitrogens with two attached hydrogens (primary N) is 2. The van der Waals surface area contributed by atoms with Gasteiger partial charge in [0.05, 0.1) is 24.6 Å². The van der Waals surface area contributed by atoms with Crippen molar-refractivity contribution in [3.63, 3.8) is 0 Å². The van der Waals surface area contributed by atoms with Gasteiger partial charge in [-0.2, -0.15) is 0 Å². The fraction of sp³-hybridized carbons (Fsp3) is 0.529. The van der Waals surface area contributed by atoms with Gasteiger partial charge in [0.15, 0.2) is 0 Å². The smallest absolute Gasteiger partial charge is 0.234 e. The maximum Gasteiger partial charge on any atom is 0.234 e. The second-order valence-electron chi connectivity index (χ2n) is 6.06. The molecule has 2 aromatic rings. The van der Waals surface area contributed by atoms with E-state index in [1.807, 2.05) is 10.8 Å². The fourth-order valence-corrected chi connectivity index (χ4v) is 3.79. The molecule has 0 aliphatic heterocycles. The molecule has 2 rings (SSSR count). The number of hydrogen-bond acceptors (Lipinski definition) is 10. The molecule has 0 aliphatic rings. The van der Waals surface area contributed by atoms with Gasteiger partial charge < -0.3 is 32.7 Å². The Labute approximate surface area is 226 Å². The Kier molecular flexibility index (Phi) is 24.2. The Bertz CT molecular complexity index is 782. The van der Waals surface area contributed by atoms with Crippen LogP contribution in [0.3, 0.4) is 0 Å². The summed E-state index contributed by atoms with van der Waals surface area (Å²) in [4.78, 5) is 32.5. The average Bonchev–Trinajstić information content (AvgIpc) is 3.36. The van der Waals surface area contributed by atoms with Crippen molar-refractivity contribution >= 4 is 84.1 Å². The van der Waals surface area contributed by atoms with Gasteiger partial charge in [0.1, 0.15) is 16.4 Å². The van der Waals surface area contributed by atoms with Crippen LogP contribution in [0.1, 0.15) is 10.0 Å². The van der Waals surface area contributed by atoms with Crippen LogP contribution in [0.4, 0.5) is 0 Å². The second-order valence-corrected chi connectivity index (χ2v) is 7.95. The number of hydrogen-bond donors (Lipinski definition) is 6. The quantitative estimate of drug-likeness (QED) is 0.173. The van der Waals surface area contributed by atoms with E-state index in [9.17, 15) is 9.59 Å². The highest BCUT2D eigenvalue weighted by Gasteiger charge is 2.10. The monoisotopic (exact) mass is 584 g/mol. The van der Waals surface area contributed by atoms with Crippen molar-refractivity contribution in [2.24, 2.45) is 11.5 Å². The summed E-state index contributed by atoms with van der Waals surface area (Å²) in [6.07, 6.45) is 0.663. The van der Waals surface area contributed by atoms with Gasteiger partial charge in [-0.05, 0) is 0 Å². The first-order chi connectivity index (χ1) is 14.1. The lowest BCUT2D eigenvalue weighted by atomic mass is 10.3. The highest BCUT2D eigenvalue weighted by atomic mass is 35.5. The first kappa shape index (κ1) is 36.8. The van der Waals surface area contributed by atoms with Crippen molar-refractivity contribution in [2.45, 2.75) is 13.0 Å². The van der Waals surface area contributed by atoms with E-state index in [0.717, 1.165) is 21.4 Å². The van der Waals surface area contributed by atoms with Crippen molar-refractivity contribution in [1.82, 2.24) is 31.2 Å². The molecule has 0 bridgehead atoms. The molecule has 0 atom stereocenters. The lowest BCUT2D eigenvalue weighted by Crippen LogP contribution is -2.36. The van der Waals surface area contributed by atoms with E-state index < -0.39 is 0 Å². The number of nitrogens with one attached hydrogen (secondary N) is 4. The van der Waals surface area contributed by atoms with Crippen LogP contribution in [0.15, 0.2) is 10.8 Å². The molecule has 2 heterocycles. The topological polar surface area (TPSA) is 160 Å². The third kappa shape index (κ3) is 14.9. The maximum atomic E-state index is 11.7. The normalized spacial score (nSPS) is 9.52. The molecule has 0 fully saturated rings. The Morgan fingerprint density at radius 2 is 1.24 bits per heavy atom. The Hall–Kier alpha value is -0.800. The van der Waals surface area contributed by atoms with E-state index in [4.69, 9.17) is 11.5 Å². The molecule has 2 amide bonds. The number of carbonyl (C=O) groups is 2. The Balaban J connectivity index is -0.00000225. The molecule has 10 nitrogen and oxygen atoms in total. The molecule has 0 spiro atoms. The minimum atomic E-state index is -0.0913. The molecular weight excluding hydrogens is 554 g/mol. The van der Waals surface area contributed by atoms with E-state index in [1.165, 1.54) is 22.7 Å². The number of halogens is 4. The number of nitrogens with zero attached hydrogens (tertiary/aromatic N) is 2. The molecule has 0 unspecified atom stereocenters. The van der Waals surface area contributed by atoms with Crippen LogP contribution in [-0.2, 0) is 22.6 Å². The number of amides is 2. The zero-order valence-electron chi connectivity index (χ0n) is 17.8. The van der Waals surface area contributed by atoms with Gasteiger partial charge in [0, 0.05) is 49.9 Å². The number of rotatable bonds is 14. The molecule has 0 saturated carbocycles. The van der Waals surface area contributed by atoms with Crippen LogP contribution in [0.2, 0.25) is 0 Å². The summed E-state index contributed by atoms with van der Waals surface area (Å²) in [5.41, 5.74) is 12.3. The van der Waals surface area contributed by atoms with E-state index >= 15 is 0 Å². The Morgan fingerprint density at radius 3 is 1.79 bits per heavy atom. The average molecular weight is 586 g/mol. The van der Waals surface area contributed by atoms with Gasteiger partial charge in [-0.1, -0.05) is 0 Å². The summed E-state index contributed by atoms with van der Waals surface area (Å²) >= 11 is 3.02. The van der Waals surface area contributed by atoms with Crippen LogP contribution in [-0.4, -0.2) is 67.6 Å². The predicted octanol–water partition coefficient (Wildman–Crippen LogP) is 0.325. The molecular formula is C17H32Cl4N8O2S2. The molecule has 192 valence electrons. The molecule has 8 N–H and O–H groups in total. The van der Waals surface area contributed by atoms with E-state index in [0.29, 0.717) is 45.7 Å². The third-order valence-corrected chi connectivity index (χ3v) is 5.43. The Morgan fingerprint density at radius 1 is 0.758 bits per heavy atom. The molecule has 2 aromatic heterocycles. The van der Waals surface area contributed by atoms with E-state index in [-0.39, 0.29) is 74.5 Å². The number of aromatic nitrogens is 2. The third-order valence-electron chi connectivity index (χ3n) is 3.68. The molecule has 0 aromatic carbocycles. The van der Waals surface area contributed by atoms with Crippen LogP contribution in [0.25, 0.3) is 11.4 Å². The van der Waals surface area contributed by atoms with E-state index in [2.05, 4.69) is 31.2 Å². The van der Waals surface area contributed by atoms with Gasteiger partial charge >= 0.3 is 0 Å². The number of thiazole rings is 2. The largest absolute Gasteiger partial charge is 0.355 e. The summed E-state index contributed by atoms with van der Waals surface area (Å²) < 4.78 is 0. The van der Waals surface area contributed by atoms with Crippen LogP contribution in [0.5, 0.6) is 0 Å². The second kappa shape index (κ2) is 21.7. The lowest BCUT2D eigenvalue weighted by molar-refractivity contribution is -0.121. The van der Waals surface area contributed by atoms with Gasteiger partial charge in [0.25, 0.3) is 0 Å². The van der Waals surface area contributed by atoms with Gasteiger partial charge in [-0.3, -0.25) is 9.59 Å². The zero-order chi connectivity index (χ0) is 20.9. The molecule has 0 aliphatic carbocycles. The minimum absolute atomic E-state index is 0. The van der Waals surface area contributed by atoms with Gasteiger partial charge in [0.2, 0.25) is 11.8 Å². The van der Waals surface area contributed by atoms with Crippen molar-refractivity contribution in [3.8, 4) is 11.4 Å². The molecule has 33 heavy (non-hydrogen) atoms. The van der Waals surface area contributed by atoms with E-state index in [1.54, 1.807) is 0 Å². The first-order valence-corrected chi connectivity index (χ1v) is 11.1. The van der Waals surface area contributed by atoms with Gasteiger partial charge in [-0.25, -0.2) is 9.97 Å².